The fourth-order valence-corrected chi connectivity index (χ4v) is 0.741. The summed E-state index contributed by atoms with van der Waals surface area (Å²) in [5.74, 6) is 3.24. The number of carbonyl (C=O) groups excluding carboxylic acids is 1. The van der Waals surface area contributed by atoms with Crippen LogP contribution in [-0.4, -0.2) is 29.3 Å². The van der Waals surface area contributed by atoms with Gasteiger partial charge in [0, 0.05) is 0 Å². The molecule has 0 aromatic heterocycles. The van der Waals surface area contributed by atoms with E-state index in [1.165, 1.54) is 12.2 Å². The predicted octanol–water partition coefficient (Wildman–Crippen LogP) is 1.72. The third-order valence-electron chi connectivity index (χ3n) is 1.48. The molecule has 0 unspecified atom stereocenters. The molecule has 0 aliphatic rings. The van der Waals surface area contributed by atoms with Gasteiger partial charge < -0.3 is 7.43 Å². The zero-order valence-electron chi connectivity index (χ0n) is 9.73. The van der Waals surface area contributed by atoms with Gasteiger partial charge in [-0.15, -0.1) is 0 Å². The molecule has 1 nitrogen and oxygen atoms in total. The maximum Gasteiger partial charge on any atom is -0.358 e. The first-order chi connectivity index (χ1) is 6.22. The summed E-state index contributed by atoms with van der Waals surface area (Å²) in [4.78, 5) is 10.2. The zero-order chi connectivity index (χ0) is 10.1. The Morgan fingerprint density at radius 3 is 2.47 bits per heavy atom. The molecule has 0 N–H and O–H groups in total. The second-order valence-electron chi connectivity index (χ2n) is 2.82. The number of rotatable bonds is 5. The van der Waals surface area contributed by atoms with Crippen molar-refractivity contribution < 1.29 is 4.79 Å². The van der Waals surface area contributed by atoms with E-state index in [0.717, 1.165) is 11.8 Å². The molecule has 0 aromatic rings. The maximum atomic E-state index is 10.2. The van der Waals surface area contributed by atoms with Crippen molar-refractivity contribution in [1.82, 2.24) is 0 Å². The van der Waals surface area contributed by atoms with Crippen LogP contribution in [0.1, 0.15) is 13.8 Å². The maximum absolute atomic E-state index is 10.2. The van der Waals surface area contributed by atoms with Crippen molar-refractivity contribution in [2.45, 2.75) is 13.8 Å². The van der Waals surface area contributed by atoms with Gasteiger partial charge in [-0.1, -0.05) is 0 Å². The van der Waals surface area contributed by atoms with Gasteiger partial charge in [-0.25, -0.2) is 0 Å². The van der Waals surface area contributed by atoms with E-state index in [4.69, 9.17) is 6.58 Å². The summed E-state index contributed by atoms with van der Waals surface area (Å²) in [5, 5.41) is 0. The monoisotopic (exact) mass is 196 g/mol. The van der Waals surface area contributed by atoms with Gasteiger partial charge in [-0.2, -0.15) is 0 Å². The molecule has 0 radical (unpaired) electrons. The van der Waals surface area contributed by atoms with E-state index in [1.807, 2.05) is 13.8 Å². The summed E-state index contributed by atoms with van der Waals surface area (Å²) in [6, 6.07) is 0. The number of aldehydes is 1. The molecule has 0 amide bonds. The molecule has 0 rings (SSSR count). The molecular weight excluding hydrogens is 180 g/mol. The van der Waals surface area contributed by atoms with Gasteiger partial charge in [0.1, 0.15) is 0 Å². The molecule has 0 saturated heterocycles. The van der Waals surface area contributed by atoms with E-state index in [2.05, 4.69) is 5.97 Å². The van der Waals surface area contributed by atoms with E-state index in [1.54, 1.807) is 19.1 Å². The van der Waals surface area contributed by atoms with Crippen molar-refractivity contribution in [2.24, 2.45) is 5.92 Å². The average Bonchev–Trinajstić information content (AvgIpc) is 2.10. The van der Waals surface area contributed by atoms with Crippen LogP contribution in [0.3, 0.4) is 0 Å². The second-order valence-corrected chi connectivity index (χ2v) is 2.82. The quantitative estimate of drug-likeness (QED) is 0.215. The molecular formula is C12H16BBeO-. The van der Waals surface area contributed by atoms with Crippen LogP contribution in [0.2, 0.25) is 0 Å². The first-order valence-electron chi connectivity index (χ1n) is 4.17. The smallest absolute Gasteiger partial charge is 0.358 e. The molecule has 0 atom stereocenters. The Morgan fingerprint density at radius 1 is 1.47 bits per heavy atom. The largest absolute Gasteiger partial charge is 0.358 e. The summed E-state index contributed by atoms with van der Waals surface area (Å²) in [5.41, 5.74) is 0.955. The minimum absolute atomic E-state index is 0. The number of hydrogen-bond donors (Lipinski definition) is 0. The van der Waals surface area contributed by atoms with Crippen LogP contribution in [0.15, 0.2) is 29.8 Å². The first kappa shape index (κ1) is 19.5. The molecule has 0 heterocycles. The Balaban J connectivity index is -0.000000720. The molecule has 15 heavy (non-hydrogen) atoms. The number of allylic oxidation sites excluding steroid dienone is 5. The molecule has 3 heteroatoms. The molecule has 0 aliphatic heterocycles. The minimum atomic E-state index is 0. The summed E-state index contributed by atoms with van der Waals surface area (Å²) in [7, 11) is 0. The van der Waals surface area contributed by atoms with E-state index < -0.39 is 0 Å². The molecule has 0 fully saturated rings. The van der Waals surface area contributed by atoms with Crippen LogP contribution in [-0.2, 0) is 4.79 Å². The van der Waals surface area contributed by atoms with Crippen molar-refractivity contribution in [2.75, 3.05) is 0 Å². The number of hydrogen-bond acceptors (Lipinski definition) is 1. The molecule has 76 valence electrons. The second kappa shape index (κ2) is 13.0. The van der Waals surface area contributed by atoms with Crippen LogP contribution in [0.5, 0.6) is 0 Å². The van der Waals surface area contributed by atoms with Gasteiger partial charge in [0.05, 0.1) is 0 Å². The van der Waals surface area contributed by atoms with Crippen molar-refractivity contribution in [3.8, 4) is 0 Å². The predicted molar refractivity (Wildman–Crippen MR) is 69.9 cm³/mol. The molecule has 0 bridgehead atoms. The van der Waals surface area contributed by atoms with Gasteiger partial charge in [-0.3, -0.25) is 0 Å². The minimum Gasteiger partial charge on any atom is -0.358 e. The summed E-state index contributed by atoms with van der Waals surface area (Å²) in [6.07, 6.45) is 7.12. The van der Waals surface area contributed by atoms with Crippen LogP contribution in [0.25, 0.3) is 0 Å². The number of carbonyl (C=O) groups is 1. The summed E-state index contributed by atoms with van der Waals surface area (Å²) < 4.78 is 0. The normalized spacial score (nSPS) is 10.7. The van der Waals surface area contributed by atoms with Gasteiger partial charge in [0.15, 0.2) is 0 Å². The molecule has 0 spiro atoms. The van der Waals surface area contributed by atoms with Crippen LogP contribution in [0.4, 0.5) is 0 Å². The van der Waals surface area contributed by atoms with Crippen molar-refractivity contribution in [3.05, 3.63) is 43.8 Å². The van der Waals surface area contributed by atoms with Crippen LogP contribution >= 0.6 is 0 Å². The van der Waals surface area contributed by atoms with Gasteiger partial charge >= 0.3 is 90.2 Å². The van der Waals surface area contributed by atoms with Crippen molar-refractivity contribution in [1.29, 1.82) is 0 Å². The Hall–Kier alpha value is -1.01. The zero-order valence-corrected chi connectivity index (χ0v) is 9.73. The van der Waals surface area contributed by atoms with Crippen molar-refractivity contribution in [3.63, 3.8) is 0 Å². The third-order valence-corrected chi connectivity index (χ3v) is 1.48. The Bertz CT molecular complexity index is 252. The third kappa shape index (κ3) is 10.9. The summed E-state index contributed by atoms with van der Waals surface area (Å²) in [6.45, 7) is 10.9. The van der Waals surface area contributed by atoms with Crippen LogP contribution in [0, 0.1) is 19.9 Å². The topological polar surface area (TPSA) is 17.1 Å². The Labute approximate surface area is 98.1 Å². The van der Waals surface area contributed by atoms with Gasteiger partial charge in [0.25, 0.3) is 0 Å². The fourth-order valence-electron chi connectivity index (χ4n) is 0.741. The first-order valence-corrected chi connectivity index (χ1v) is 4.17. The standard InChI is InChI=1S/C11H13BO.CH3.Be/c1-4-5-6-8-12-11(7-9-13)10(2)3;;/h1,4-7,9-10H,2-3H3;1H3;/q-2;-1;+2/b6-5-,11-7-;;. The Morgan fingerprint density at radius 2 is 2.07 bits per heavy atom. The molecule has 0 aliphatic carbocycles. The van der Waals surface area contributed by atoms with E-state index in [-0.39, 0.29) is 17.5 Å². The van der Waals surface area contributed by atoms with Crippen LogP contribution < -0.4 is 0 Å². The Kier molecular flexibility index (Phi) is 16.9. The van der Waals surface area contributed by atoms with E-state index >= 15 is 0 Å². The van der Waals surface area contributed by atoms with Gasteiger partial charge in [0.2, 0.25) is 0 Å². The average molecular weight is 196 g/mol. The summed E-state index contributed by atoms with van der Waals surface area (Å²) >= 11 is 0. The van der Waals surface area contributed by atoms with Crippen molar-refractivity contribution >= 4 is 29.3 Å². The van der Waals surface area contributed by atoms with E-state index in [0.29, 0.717) is 5.92 Å². The molecule has 0 aromatic carbocycles. The van der Waals surface area contributed by atoms with Gasteiger partial charge in [-0.05, 0) is 0 Å². The molecule has 0 saturated carbocycles. The van der Waals surface area contributed by atoms with E-state index in [9.17, 15) is 4.79 Å². The fraction of sp³-hybridized carbons (Fsp3) is 0.250. The SMILES string of the molecule is [Be+2].[CH-]=C\C=C/[C-]=B\C(=C/C=O)C(C)C.[CH3-].